The predicted octanol–water partition coefficient (Wildman–Crippen LogP) is 3.15. The minimum Gasteiger partial charge on any atom is -0.472 e. The van der Waals surface area contributed by atoms with Crippen molar-refractivity contribution in [1.29, 1.82) is 0 Å². The topological polar surface area (TPSA) is 25.2 Å². The van der Waals surface area contributed by atoms with E-state index in [1.54, 1.807) is 12.5 Å². The largest absolute Gasteiger partial charge is 0.472 e. The van der Waals surface area contributed by atoms with E-state index in [0.29, 0.717) is 0 Å². The Balaban J connectivity index is 1.98. The Morgan fingerprint density at radius 2 is 2.20 bits per heavy atom. The lowest BCUT2D eigenvalue weighted by molar-refractivity contribution is 0.561. The van der Waals surface area contributed by atoms with Gasteiger partial charge < -0.3 is 9.73 Å². The fraction of sp³-hybridized carbons (Fsp3) is 0.667. The van der Waals surface area contributed by atoms with E-state index in [4.69, 9.17) is 4.42 Å². The molecule has 0 aliphatic heterocycles. The van der Waals surface area contributed by atoms with Crippen molar-refractivity contribution in [1.82, 2.24) is 5.32 Å². The van der Waals surface area contributed by atoms with Crippen LogP contribution in [0.2, 0.25) is 0 Å². The molecule has 15 heavy (non-hydrogen) atoms. The van der Waals surface area contributed by atoms with Gasteiger partial charge in [-0.05, 0) is 12.0 Å². The highest BCUT2D eigenvalue weighted by molar-refractivity contribution is 7.99. The van der Waals surface area contributed by atoms with Gasteiger partial charge in [0.15, 0.2) is 0 Å². The van der Waals surface area contributed by atoms with Crippen LogP contribution in [0.25, 0.3) is 0 Å². The lowest BCUT2D eigenvalue weighted by Crippen LogP contribution is -2.18. The van der Waals surface area contributed by atoms with Crippen molar-refractivity contribution < 1.29 is 4.42 Å². The van der Waals surface area contributed by atoms with Gasteiger partial charge in [0.05, 0.1) is 12.5 Å². The summed E-state index contributed by atoms with van der Waals surface area (Å²) in [6.45, 7) is 8.82. The van der Waals surface area contributed by atoms with Gasteiger partial charge in [-0.1, -0.05) is 20.8 Å². The van der Waals surface area contributed by atoms with E-state index in [0.717, 1.165) is 24.3 Å². The molecule has 1 aromatic heterocycles. The van der Waals surface area contributed by atoms with Crippen LogP contribution in [0.3, 0.4) is 0 Å². The van der Waals surface area contributed by atoms with Gasteiger partial charge in [0.2, 0.25) is 0 Å². The molecule has 1 N–H and O–H groups in total. The smallest absolute Gasteiger partial charge is 0.0947 e. The SMILES string of the molecule is CC(C)C(C)SCCNCc1ccoc1. The Hall–Kier alpha value is -0.410. The van der Waals surface area contributed by atoms with Gasteiger partial charge in [0.25, 0.3) is 0 Å². The number of hydrogen-bond acceptors (Lipinski definition) is 3. The summed E-state index contributed by atoms with van der Waals surface area (Å²) < 4.78 is 5.00. The minimum atomic E-state index is 0.751. The van der Waals surface area contributed by atoms with Crippen LogP contribution in [0, 0.1) is 5.92 Å². The summed E-state index contributed by atoms with van der Waals surface area (Å²) in [4.78, 5) is 0. The van der Waals surface area contributed by atoms with Crippen LogP contribution < -0.4 is 5.32 Å². The van der Waals surface area contributed by atoms with Crippen molar-refractivity contribution in [3.63, 3.8) is 0 Å². The quantitative estimate of drug-likeness (QED) is 0.724. The first-order valence-corrected chi connectivity index (χ1v) is 6.58. The molecule has 1 aromatic rings. The third kappa shape index (κ3) is 5.28. The average Bonchev–Trinajstić information content (AvgIpc) is 2.69. The van der Waals surface area contributed by atoms with Crippen LogP contribution in [-0.4, -0.2) is 17.5 Å². The highest BCUT2D eigenvalue weighted by atomic mass is 32.2. The first-order valence-electron chi connectivity index (χ1n) is 5.53. The van der Waals surface area contributed by atoms with Gasteiger partial charge in [0.1, 0.15) is 0 Å². The second-order valence-corrected chi connectivity index (χ2v) is 5.61. The van der Waals surface area contributed by atoms with Crippen LogP contribution in [0.1, 0.15) is 26.3 Å². The number of furan rings is 1. The molecule has 86 valence electrons. The van der Waals surface area contributed by atoms with Crippen molar-refractivity contribution in [2.75, 3.05) is 12.3 Å². The number of rotatable bonds is 7. The molecule has 1 rings (SSSR count). The Kier molecular flexibility index (Phi) is 5.88. The van der Waals surface area contributed by atoms with Crippen molar-refractivity contribution in [3.05, 3.63) is 24.2 Å². The van der Waals surface area contributed by atoms with Crippen LogP contribution in [0.5, 0.6) is 0 Å². The lowest BCUT2D eigenvalue weighted by Gasteiger charge is -2.14. The Morgan fingerprint density at radius 1 is 1.40 bits per heavy atom. The molecule has 0 spiro atoms. The third-order valence-electron chi connectivity index (χ3n) is 2.51. The summed E-state index contributed by atoms with van der Waals surface area (Å²) in [5.74, 6) is 1.95. The zero-order valence-electron chi connectivity index (χ0n) is 9.82. The number of thioether (sulfide) groups is 1. The third-order valence-corrected chi connectivity index (χ3v) is 4.02. The van der Waals surface area contributed by atoms with Gasteiger partial charge >= 0.3 is 0 Å². The molecule has 0 aromatic carbocycles. The predicted molar refractivity (Wildman–Crippen MR) is 67.2 cm³/mol. The van der Waals surface area contributed by atoms with Gasteiger partial charge in [-0.25, -0.2) is 0 Å². The molecule has 3 heteroatoms. The molecule has 0 aliphatic carbocycles. The Bertz CT molecular complexity index is 246. The van der Waals surface area contributed by atoms with E-state index in [9.17, 15) is 0 Å². The summed E-state index contributed by atoms with van der Waals surface area (Å²) >= 11 is 2.04. The maximum atomic E-state index is 5.00. The maximum Gasteiger partial charge on any atom is 0.0947 e. The molecule has 1 unspecified atom stereocenters. The standard InChI is InChI=1S/C12H21NOS/c1-10(2)11(3)15-7-5-13-8-12-4-6-14-9-12/h4,6,9-11,13H,5,7-8H2,1-3H3. The first-order chi connectivity index (χ1) is 7.20. The highest BCUT2D eigenvalue weighted by Crippen LogP contribution is 2.17. The monoisotopic (exact) mass is 227 g/mol. The second-order valence-electron chi connectivity index (χ2n) is 4.13. The summed E-state index contributed by atoms with van der Waals surface area (Å²) in [6.07, 6.45) is 3.50. The fourth-order valence-electron chi connectivity index (χ4n) is 1.14. The second kappa shape index (κ2) is 6.96. The maximum absolute atomic E-state index is 5.00. The molecular formula is C12H21NOS. The summed E-state index contributed by atoms with van der Waals surface area (Å²) in [7, 11) is 0. The first kappa shape index (κ1) is 12.7. The molecule has 0 saturated carbocycles. The molecular weight excluding hydrogens is 206 g/mol. The molecule has 1 heterocycles. The average molecular weight is 227 g/mol. The van der Waals surface area contributed by atoms with E-state index in [-0.39, 0.29) is 0 Å². The van der Waals surface area contributed by atoms with Gasteiger partial charge in [0, 0.05) is 29.7 Å². The van der Waals surface area contributed by atoms with Gasteiger partial charge in [-0.15, -0.1) is 0 Å². The number of nitrogens with one attached hydrogen (secondary N) is 1. The van der Waals surface area contributed by atoms with Crippen molar-refractivity contribution in [2.45, 2.75) is 32.6 Å². The zero-order valence-corrected chi connectivity index (χ0v) is 10.6. The molecule has 0 radical (unpaired) electrons. The lowest BCUT2D eigenvalue weighted by atomic mass is 10.2. The number of hydrogen-bond donors (Lipinski definition) is 1. The van der Waals surface area contributed by atoms with E-state index in [1.165, 1.54) is 11.3 Å². The molecule has 2 nitrogen and oxygen atoms in total. The van der Waals surface area contributed by atoms with Crippen molar-refractivity contribution in [3.8, 4) is 0 Å². The molecule has 0 aliphatic rings. The van der Waals surface area contributed by atoms with Gasteiger partial charge in [-0.2, -0.15) is 11.8 Å². The molecule has 0 bridgehead atoms. The van der Waals surface area contributed by atoms with Crippen LogP contribution in [0.4, 0.5) is 0 Å². The molecule has 0 saturated heterocycles. The van der Waals surface area contributed by atoms with Crippen LogP contribution >= 0.6 is 11.8 Å². The zero-order chi connectivity index (χ0) is 11.1. The molecule has 0 fully saturated rings. The fourth-order valence-corrected chi connectivity index (χ4v) is 2.15. The van der Waals surface area contributed by atoms with Crippen LogP contribution in [-0.2, 0) is 6.54 Å². The van der Waals surface area contributed by atoms with Crippen molar-refractivity contribution >= 4 is 11.8 Å². The molecule has 1 atom stereocenters. The normalized spacial score (nSPS) is 13.3. The van der Waals surface area contributed by atoms with Gasteiger partial charge in [-0.3, -0.25) is 0 Å². The van der Waals surface area contributed by atoms with E-state index in [1.807, 2.05) is 17.8 Å². The summed E-state index contributed by atoms with van der Waals surface area (Å²) in [6, 6.07) is 2.00. The Labute approximate surface area is 96.8 Å². The molecule has 0 amide bonds. The summed E-state index contributed by atoms with van der Waals surface area (Å²) in [5.41, 5.74) is 1.22. The van der Waals surface area contributed by atoms with E-state index < -0.39 is 0 Å². The van der Waals surface area contributed by atoms with E-state index in [2.05, 4.69) is 26.1 Å². The van der Waals surface area contributed by atoms with Crippen LogP contribution in [0.15, 0.2) is 23.0 Å². The van der Waals surface area contributed by atoms with Crippen molar-refractivity contribution in [2.24, 2.45) is 5.92 Å². The minimum absolute atomic E-state index is 0.751. The highest BCUT2D eigenvalue weighted by Gasteiger charge is 2.06. The summed E-state index contributed by atoms with van der Waals surface area (Å²) in [5, 5.41) is 4.15. The van der Waals surface area contributed by atoms with E-state index >= 15 is 0 Å². The Morgan fingerprint density at radius 3 is 2.80 bits per heavy atom.